The van der Waals surface area contributed by atoms with Crippen LogP contribution in [-0.2, 0) is 4.79 Å². The summed E-state index contributed by atoms with van der Waals surface area (Å²) in [7, 11) is 0. The van der Waals surface area contributed by atoms with E-state index in [1.165, 1.54) is 18.2 Å². The molecule has 6 heteroatoms. The molecule has 0 unspecified atom stereocenters. The van der Waals surface area contributed by atoms with Crippen LogP contribution in [0.25, 0.3) is 6.08 Å². The van der Waals surface area contributed by atoms with Gasteiger partial charge in [-0.05, 0) is 48.0 Å². The monoisotopic (exact) mass is 376 g/mol. The van der Waals surface area contributed by atoms with E-state index in [-0.39, 0.29) is 11.6 Å². The third-order valence-electron chi connectivity index (χ3n) is 3.65. The van der Waals surface area contributed by atoms with Gasteiger partial charge >= 0.3 is 0 Å². The summed E-state index contributed by atoms with van der Waals surface area (Å²) in [6, 6.07) is 23.5. The minimum atomic E-state index is -0.457. The van der Waals surface area contributed by atoms with E-state index < -0.39 is 4.92 Å². The first-order valence-electron chi connectivity index (χ1n) is 8.17. The van der Waals surface area contributed by atoms with Crippen molar-refractivity contribution in [3.8, 4) is 0 Å². The van der Waals surface area contributed by atoms with Crippen LogP contribution in [0.15, 0.2) is 94.7 Å². The van der Waals surface area contributed by atoms with E-state index in [0.29, 0.717) is 5.56 Å². The van der Waals surface area contributed by atoms with Gasteiger partial charge in [0.15, 0.2) is 0 Å². The fourth-order valence-electron chi connectivity index (χ4n) is 2.33. The summed E-state index contributed by atoms with van der Waals surface area (Å²) in [5.74, 6) is -0.269. The molecule has 0 aliphatic heterocycles. The number of nitrogens with one attached hydrogen (secondary N) is 1. The molecule has 3 rings (SSSR count). The first kappa shape index (κ1) is 18.4. The predicted octanol–water partition coefficient (Wildman–Crippen LogP) is 5.40. The lowest BCUT2D eigenvalue weighted by Gasteiger charge is -2.09. The Morgan fingerprint density at radius 3 is 2.30 bits per heavy atom. The molecule has 0 bridgehead atoms. The molecule has 0 aliphatic carbocycles. The van der Waals surface area contributed by atoms with Gasteiger partial charge in [0.2, 0.25) is 5.91 Å². The van der Waals surface area contributed by atoms with Gasteiger partial charge in [-0.3, -0.25) is 14.9 Å². The molecule has 0 saturated heterocycles. The Bertz CT molecular complexity index is 970. The highest BCUT2D eigenvalue weighted by molar-refractivity contribution is 7.99. The molecule has 0 fully saturated rings. The zero-order valence-electron chi connectivity index (χ0n) is 14.2. The van der Waals surface area contributed by atoms with Crippen LogP contribution < -0.4 is 5.32 Å². The molecule has 0 heterocycles. The minimum Gasteiger partial charge on any atom is -0.321 e. The molecular weight excluding hydrogens is 360 g/mol. The lowest BCUT2D eigenvalue weighted by molar-refractivity contribution is -0.384. The number of non-ortho nitro benzene ring substituents is 1. The van der Waals surface area contributed by atoms with Crippen LogP contribution >= 0.6 is 11.8 Å². The van der Waals surface area contributed by atoms with Crippen molar-refractivity contribution in [1.29, 1.82) is 0 Å². The van der Waals surface area contributed by atoms with Gasteiger partial charge in [-0.25, -0.2) is 0 Å². The van der Waals surface area contributed by atoms with Gasteiger partial charge < -0.3 is 5.32 Å². The van der Waals surface area contributed by atoms with Gasteiger partial charge in [0.25, 0.3) is 5.69 Å². The Labute approximate surface area is 160 Å². The third kappa shape index (κ3) is 5.29. The van der Waals surface area contributed by atoms with E-state index in [4.69, 9.17) is 0 Å². The summed E-state index contributed by atoms with van der Waals surface area (Å²) in [6.45, 7) is 0. The SMILES string of the molecule is O=C(/C=C/c1ccc([N+](=O)[O-])cc1)Nc1ccccc1Sc1ccccc1. The summed E-state index contributed by atoms with van der Waals surface area (Å²) < 4.78 is 0. The fourth-order valence-corrected chi connectivity index (χ4v) is 3.25. The van der Waals surface area contributed by atoms with Gasteiger partial charge in [0.1, 0.15) is 0 Å². The number of carbonyl (C=O) groups is 1. The average Bonchev–Trinajstić information content (AvgIpc) is 2.69. The number of nitrogens with zero attached hydrogens (tertiary/aromatic N) is 1. The first-order chi connectivity index (χ1) is 13.1. The molecular formula is C21H16N2O3S. The zero-order valence-corrected chi connectivity index (χ0v) is 15.1. The van der Waals surface area contributed by atoms with E-state index in [1.54, 1.807) is 30.0 Å². The van der Waals surface area contributed by atoms with Crippen molar-refractivity contribution >= 4 is 35.1 Å². The van der Waals surface area contributed by atoms with E-state index in [2.05, 4.69) is 5.32 Å². The Hall–Kier alpha value is -3.38. The van der Waals surface area contributed by atoms with E-state index in [0.717, 1.165) is 15.5 Å². The van der Waals surface area contributed by atoms with Gasteiger partial charge in [0, 0.05) is 28.0 Å². The predicted molar refractivity (Wildman–Crippen MR) is 108 cm³/mol. The zero-order chi connectivity index (χ0) is 19.1. The topological polar surface area (TPSA) is 72.2 Å². The first-order valence-corrected chi connectivity index (χ1v) is 8.99. The van der Waals surface area contributed by atoms with Crippen molar-refractivity contribution in [3.63, 3.8) is 0 Å². The summed E-state index contributed by atoms with van der Waals surface area (Å²) in [5, 5.41) is 13.5. The highest BCUT2D eigenvalue weighted by atomic mass is 32.2. The molecule has 5 nitrogen and oxygen atoms in total. The maximum atomic E-state index is 12.3. The minimum absolute atomic E-state index is 0.0171. The van der Waals surface area contributed by atoms with Crippen molar-refractivity contribution in [3.05, 3.63) is 101 Å². The second-order valence-corrected chi connectivity index (χ2v) is 6.70. The number of para-hydroxylation sites is 1. The molecule has 1 N–H and O–H groups in total. The van der Waals surface area contributed by atoms with E-state index >= 15 is 0 Å². The average molecular weight is 376 g/mol. The molecule has 0 spiro atoms. The fraction of sp³-hybridized carbons (Fsp3) is 0. The van der Waals surface area contributed by atoms with Gasteiger partial charge in [-0.1, -0.05) is 42.1 Å². The molecule has 0 radical (unpaired) electrons. The van der Waals surface area contributed by atoms with Gasteiger partial charge in [-0.15, -0.1) is 0 Å². The quantitative estimate of drug-likeness (QED) is 0.355. The van der Waals surface area contributed by atoms with Crippen molar-refractivity contribution in [2.24, 2.45) is 0 Å². The van der Waals surface area contributed by atoms with Crippen molar-refractivity contribution in [1.82, 2.24) is 0 Å². The van der Waals surface area contributed by atoms with Crippen LogP contribution in [0.3, 0.4) is 0 Å². The number of amides is 1. The van der Waals surface area contributed by atoms with Crippen molar-refractivity contribution in [2.75, 3.05) is 5.32 Å². The van der Waals surface area contributed by atoms with Crippen LogP contribution in [-0.4, -0.2) is 10.8 Å². The Kier molecular flexibility index (Phi) is 6.02. The number of hydrogen-bond acceptors (Lipinski definition) is 4. The van der Waals surface area contributed by atoms with Gasteiger partial charge in [-0.2, -0.15) is 0 Å². The summed E-state index contributed by atoms with van der Waals surface area (Å²) in [4.78, 5) is 24.5. The molecule has 134 valence electrons. The molecule has 0 saturated carbocycles. The summed E-state index contributed by atoms with van der Waals surface area (Å²) in [5.41, 5.74) is 1.45. The second kappa shape index (κ2) is 8.82. The molecule has 0 aromatic heterocycles. The van der Waals surface area contributed by atoms with Crippen LogP contribution in [0.1, 0.15) is 5.56 Å². The second-order valence-electron chi connectivity index (χ2n) is 5.58. The van der Waals surface area contributed by atoms with Crippen molar-refractivity contribution in [2.45, 2.75) is 9.79 Å². The van der Waals surface area contributed by atoms with Crippen LogP contribution in [0.2, 0.25) is 0 Å². The highest BCUT2D eigenvalue weighted by Crippen LogP contribution is 2.33. The molecule has 3 aromatic carbocycles. The third-order valence-corrected chi connectivity index (χ3v) is 4.73. The maximum Gasteiger partial charge on any atom is 0.269 e. The van der Waals surface area contributed by atoms with E-state index in [9.17, 15) is 14.9 Å². The smallest absolute Gasteiger partial charge is 0.269 e. The number of anilines is 1. The largest absolute Gasteiger partial charge is 0.321 e. The van der Waals surface area contributed by atoms with Gasteiger partial charge in [0.05, 0.1) is 10.6 Å². The molecule has 27 heavy (non-hydrogen) atoms. The maximum absolute atomic E-state index is 12.3. The molecule has 1 amide bonds. The lowest BCUT2D eigenvalue weighted by atomic mass is 10.2. The molecule has 0 aliphatic rings. The number of rotatable bonds is 6. The number of carbonyl (C=O) groups excluding carboxylic acids is 1. The van der Waals surface area contributed by atoms with E-state index in [1.807, 2.05) is 54.6 Å². The van der Waals surface area contributed by atoms with Crippen LogP contribution in [0, 0.1) is 10.1 Å². The van der Waals surface area contributed by atoms with Crippen LogP contribution in [0.4, 0.5) is 11.4 Å². The molecule has 3 aromatic rings. The Morgan fingerprint density at radius 1 is 0.926 bits per heavy atom. The Balaban J connectivity index is 1.68. The number of nitro groups is 1. The lowest BCUT2D eigenvalue weighted by Crippen LogP contribution is -2.08. The number of nitro benzene ring substituents is 1. The normalized spacial score (nSPS) is 10.7. The standard InChI is InChI=1S/C21H16N2O3S/c24-21(15-12-16-10-13-17(14-11-16)23(25)26)22-19-8-4-5-9-20(19)27-18-6-2-1-3-7-18/h1-15H,(H,22,24)/b15-12+. The number of hydrogen-bond donors (Lipinski definition) is 1. The summed E-state index contributed by atoms with van der Waals surface area (Å²) in [6.07, 6.45) is 3.02. The van der Waals surface area contributed by atoms with Crippen LogP contribution in [0.5, 0.6) is 0 Å². The Morgan fingerprint density at radius 2 is 1.59 bits per heavy atom. The number of benzene rings is 3. The summed E-state index contributed by atoms with van der Waals surface area (Å²) >= 11 is 1.57. The van der Waals surface area contributed by atoms with Crippen molar-refractivity contribution < 1.29 is 9.72 Å². The molecule has 0 atom stereocenters. The highest BCUT2D eigenvalue weighted by Gasteiger charge is 2.06.